The molecule has 2 aliphatic carbocycles. The normalized spacial score (nSPS) is 37.0. The molecule has 106 valence electrons. The van der Waals surface area contributed by atoms with Gasteiger partial charge in [0.05, 0.1) is 0 Å². The highest BCUT2D eigenvalue weighted by Crippen LogP contribution is 2.39. The third kappa shape index (κ3) is 3.27. The van der Waals surface area contributed by atoms with Gasteiger partial charge >= 0.3 is 0 Å². The second-order valence-electron chi connectivity index (χ2n) is 6.94. The van der Waals surface area contributed by atoms with Gasteiger partial charge in [0.2, 0.25) is 0 Å². The van der Waals surface area contributed by atoms with Crippen molar-refractivity contribution < 1.29 is 0 Å². The van der Waals surface area contributed by atoms with Gasteiger partial charge in [0, 0.05) is 18.1 Å². The van der Waals surface area contributed by atoms with Crippen LogP contribution in [0.15, 0.2) is 0 Å². The Morgan fingerprint density at radius 3 is 2.17 bits per heavy atom. The summed E-state index contributed by atoms with van der Waals surface area (Å²) in [5.74, 6) is 1.87. The highest BCUT2D eigenvalue weighted by molar-refractivity contribution is 4.92. The monoisotopic (exact) mass is 252 g/mol. The van der Waals surface area contributed by atoms with Gasteiger partial charge in [0.25, 0.3) is 0 Å². The average Bonchev–Trinajstić information content (AvgIpc) is 2.26. The van der Waals surface area contributed by atoms with E-state index in [0.717, 1.165) is 23.9 Å². The standard InChI is InChI=1S/C16H32N2/c1-4-9-18(15-7-5-14(17)6-8-15)16-10-13(11-16)12(2)3/h12-16H,4-11,17H2,1-3H3. The average molecular weight is 252 g/mol. The largest absolute Gasteiger partial charge is 0.328 e. The molecule has 0 radical (unpaired) electrons. The molecule has 0 spiro atoms. The fourth-order valence-corrected chi connectivity index (χ4v) is 3.80. The van der Waals surface area contributed by atoms with E-state index in [2.05, 4.69) is 25.7 Å². The van der Waals surface area contributed by atoms with Crippen molar-refractivity contribution in [2.75, 3.05) is 6.54 Å². The Morgan fingerprint density at radius 1 is 1.06 bits per heavy atom. The predicted molar refractivity (Wildman–Crippen MR) is 78.6 cm³/mol. The zero-order chi connectivity index (χ0) is 13.1. The van der Waals surface area contributed by atoms with Gasteiger partial charge in [-0.25, -0.2) is 0 Å². The van der Waals surface area contributed by atoms with Crippen molar-refractivity contribution in [3.05, 3.63) is 0 Å². The molecule has 0 aromatic heterocycles. The lowest BCUT2D eigenvalue weighted by atomic mass is 9.72. The van der Waals surface area contributed by atoms with Crippen molar-refractivity contribution >= 4 is 0 Å². The molecule has 0 bridgehead atoms. The molecule has 2 N–H and O–H groups in total. The van der Waals surface area contributed by atoms with Crippen molar-refractivity contribution in [2.24, 2.45) is 17.6 Å². The van der Waals surface area contributed by atoms with Gasteiger partial charge in [-0.05, 0) is 63.3 Å². The van der Waals surface area contributed by atoms with E-state index in [0.29, 0.717) is 6.04 Å². The van der Waals surface area contributed by atoms with Crippen LogP contribution in [0.25, 0.3) is 0 Å². The van der Waals surface area contributed by atoms with E-state index in [9.17, 15) is 0 Å². The lowest BCUT2D eigenvalue weighted by Crippen LogP contribution is -2.52. The van der Waals surface area contributed by atoms with Crippen LogP contribution >= 0.6 is 0 Å². The van der Waals surface area contributed by atoms with E-state index >= 15 is 0 Å². The molecule has 0 aliphatic heterocycles. The third-order valence-electron chi connectivity index (χ3n) is 5.25. The van der Waals surface area contributed by atoms with Crippen LogP contribution in [0.4, 0.5) is 0 Å². The van der Waals surface area contributed by atoms with Gasteiger partial charge in [-0.2, -0.15) is 0 Å². The molecule has 2 saturated carbocycles. The molecule has 0 atom stereocenters. The molecule has 2 heteroatoms. The highest BCUT2D eigenvalue weighted by atomic mass is 15.2. The fraction of sp³-hybridized carbons (Fsp3) is 1.00. The summed E-state index contributed by atoms with van der Waals surface area (Å²) in [5, 5.41) is 0. The Balaban J connectivity index is 1.85. The molecule has 0 saturated heterocycles. The molecule has 0 aromatic carbocycles. The van der Waals surface area contributed by atoms with Crippen molar-refractivity contribution in [1.29, 1.82) is 0 Å². The summed E-state index contributed by atoms with van der Waals surface area (Å²) in [4.78, 5) is 2.84. The maximum atomic E-state index is 6.04. The van der Waals surface area contributed by atoms with Crippen LogP contribution in [0.2, 0.25) is 0 Å². The van der Waals surface area contributed by atoms with E-state index in [4.69, 9.17) is 5.73 Å². The van der Waals surface area contributed by atoms with Crippen molar-refractivity contribution in [3.8, 4) is 0 Å². The summed E-state index contributed by atoms with van der Waals surface area (Å²) in [6, 6.07) is 2.20. The third-order valence-corrected chi connectivity index (χ3v) is 5.25. The lowest BCUT2D eigenvalue weighted by Gasteiger charge is -2.49. The van der Waals surface area contributed by atoms with E-state index < -0.39 is 0 Å². The first kappa shape index (κ1) is 14.3. The summed E-state index contributed by atoms with van der Waals surface area (Å²) in [6.07, 6.45) is 9.34. The minimum absolute atomic E-state index is 0.481. The Morgan fingerprint density at radius 2 is 1.67 bits per heavy atom. The van der Waals surface area contributed by atoms with E-state index in [1.165, 1.54) is 51.5 Å². The van der Waals surface area contributed by atoms with Gasteiger partial charge in [0.15, 0.2) is 0 Å². The minimum Gasteiger partial charge on any atom is -0.328 e. The number of hydrogen-bond donors (Lipinski definition) is 1. The van der Waals surface area contributed by atoms with E-state index in [-0.39, 0.29) is 0 Å². The topological polar surface area (TPSA) is 29.3 Å². The van der Waals surface area contributed by atoms with Gasteiger partial charge in [-0.3, -0.25) is 4.90 Å². The molecule has 18 heavy (non-hydrogen) atoms. The first-order valence-electron chi connectivity index (χ1n) is 8.13. The predicted octanol–water partition coefficient (Wildman–Crippen LogP) is 3.40. The van der Waals surface area contributed by atoms with Crippen molar-refractivity contribution in [3.63, 3.8) is 0 Å². The Hall–Kier alpha value is -0.0800. The summed E-state index contributed by atoms with van der Waals surface area (Å²) in [6.45, 7) is 8.38. The summed E-state index contributed by atoms with van der Waals surface area (Å²) < 4.78 is 0. The fourth-order valence-electron chi connectivity index (χ4n) is 3.80. The number of nitrogens with zero attached hydrogens (tertiary/aromatic N) is 1. The van der Waals surface area contributed by atoms with Gasteiger partial charge in [-0.1, -0.05) is 20.8 Å². The van der Waals surface area contributed by atoms with Crippen LogP contribution in [0, 0.1) is 11.8 Å². The molecule has 0 aromatic rings. The van der Waals surface area contributed by atoms with Gasteiger partial charge in [-0.15, -0.1) is 0 Å². The highest BCUT2D eigenvalue weighted by Gasteiger charge is 2.38. The quantitative estimate of drug-likeness (QED) is 0.812. The molecule has 2 fully saturated rings. The Bertz CT molecular complexity index is 237. The molecule has 0 heterocycles. The van der Waals surface area contributed by atoms with Crippen LogP contribution in [0.1, 0.15) is 65.7 Å². The van der Waals surface area contributed by atoms with Crippen LogP contribution in [0.5, 0.6) is 0 Å². The smallest absolute Gasteiger partial charge is 0.0104 e. The molecule has 0 unspecified atom stereocenters. The number of nitrogens with two attached hydrogens (primary N) is 1. The summed E-state index contributed by atoms with van der Waals surface area (Å²) >= 11 is 0. The summed E-state index contributed by atoms with van der Waals surface area (Å²) in [5.41, 5.74) is 6.04. The van der Waals surface area contributed by atoms with Crippen LogP contribution in [0.3, 0.4) is 0 Å². The first-order chi connectivity index (χ1) is 8.61. The Labute approximate surface area is 113 Å². The van der Waals surface area contributed by atoms with Crippen LogP contribution in [-0.4, -0.2) is 29.6 Å². The first-order valence-corrected chi connectivity index (χ1v) is 8.13. The molecular formula is C16H32N2. The second kappa shape index (κ2) is 6.38. The van der Waals surface area contributed by atoms with Crippen molar-refractivity contribution in [2.45, 2.75) is 83.8 Å². The number of hydrogen-bond acceptors (Lipinski definition) is 2. The molecule has 0 amide bonds. The molecule has 2 aliphatic rings. The lowest BCUT2D eigenvalue weighted by molar-refractivity contribution is 0.0114. The maximum Gasteiger partial charge on any atom is 0.0104 e. The van der Waals surface area contributed by atoms with Crippen molar-refractivity contribution in [1.82, 2.24) is 4.90 Å². The van der Waals surface area contributed by atoms with E-state index in [1.54, 1.807) is 0 Å². The number of rotatable bonds is 5. The zero-order valence-electron chi connectivity index (χ0n) is 12.6. The van der Waals surface area contributed by atoms with E-state index in [1.807, 2.05) is 0 Å². The maximum absolute atomic E-state index is 6.04. The second-order valence-corrected chi connectivity index (χ2v) is 6.94. The molecule has 2 rings (SSSR count). The minimum atomic E-state index is 0.481. The summed E-state index contributed by atoms with van der Waals surface area (Å²) in [7, 11) is 0. The van der Waals surface area contributed by atoms with Gasteiger partial charge in [0.1, 0.15) is 0 Å². The molecule has 2 nitrogen and oxygen atoms in total. The van der Waals surface area contributed by atoms with Crippen LogP contribution < -0.4 is 5.73 Å². The van der Waals surface area contributed by atoms with Gasteiger partial charge < -0.3 is 5.73 Å². The van der Waals surface area contributed by atoms with Crippen LogP contribution in [-0.2, 0) is 0 Å². The zero-order valence-corrected chi connectivity index (χ0v) is 12.6. The SMILES string of the molecule is CCCN(C1CCC(N)CC1)C1CC(C(C)C)C1. The Kier molecular flexibility index (Phi) is 5.08. The molecular weight excluding hydrogens is 220 g/mol.